The predicted molar refractivity (Wildman–Crippen MR) is 93.5 cm³/mol. The molecule has 0 aliphatic carbocycles. The summed E-state index contributed by atoms with van der Waals surface area (Å²) >= 11 is 0. The van der Waals surface area contributed by atoms with E-state index in [0.29, 0.717) is 11.5 Å². The van der Waals surface area contributed by atoms with Crippen molar-refractivity contribution < 1.29 is 4.79 Å². The van der Waals surface area contributed by atoms with Crippen LogP contribution in [0.1, 0.15) is 22.5 Å². The number of benzene rings is 1. The van der Waals surface area contributed by atoms with Gasteiger partial charge in [0.15, 0.2) is 0 Å². The fourth-order valence-corrected chi connectivity index (χ4v) is 3.09. The van der Waals surface area contributed by atoms with Crippen molar-refractivity contribution in [3.05, 3.63) is 47.8 Å². The van der Waals surface area contributed by atoms with Gasteiger partial charge in [-0.15, -0.1) is 12.4 Å². The van der Waals surface area contributed by atoms with Crippen LogP contribution in [-0.2, 0) is 0 Å². The van der Waals surface area contributed by atoms with Crippen LogP contribution in [0.5, 0.6) is 0 Å². The van der Waals surface area contributed by atoms with E-state index in [2.05, 4.69) is 10.4 Å². The van der Waals surface area contributed by atoms with Gasteiger partial charge in [-0.25, -0.2) is 4.68 Å². The van der Waals surface area contributed by atoms with Crippen molar-refractivity contribution in [2.24, 2.45) is 5.92 Å². The third-order valence-corrected chi connectivity index (χ3v) is 4.31. The van der Waals surface area contributed by atoms with Gasteiger partial charge >= 0.3 is 0 Å². The smallest absolute Gasteiger partial charge is 0.257 e. The lowest BCUT2D eigenvalue weighted by Gasteiger charge is -2.16. The third-order valence-electron chi connectivity index (χ3n) is 4.31. The standard InChI is InChI=1S/C17H22N4O.ClH/c1-13-16(11-19-21(13)15-6-4-3-5-7-15)17(22)20-9-8-14(12-20)10-18-2;/h3-7,11,14,18H,8-10,12H2,1-2H3;1H. The molecule has 1 atom stereocenters. The Bertz CT molecular complexity index is 656. The van der Waals surface area contributed by atoms with Gasteiger partial charge in [0.25, 0.3) is 5.91 Å². The Kier molecular flexibility index (Phi) is 5.80. The van der Waals surface area contributed by atoms with E-state index in [1.54, 1.807) is 6.20 Å². The summed E-state index contributed by atoms with van der Waals surface area (Å²) in [6, 6.07) is 9.90. The number of halogens is 1. The van der Waals surface area contributed by atoms with Crippen LogP contribution in [0, 0.1) is 12.8 Å². The van der Waals surface area contributed by atoms with E-state index in [9.17, 15) is 4.79 Å². The molecule has 23 heavy (non-hydrogen) atoms. The molecule has 1 unspecified atom stereocenters. The molecule has 6 heteroatoms. The van der Waals surface area contributed by atoms with Crippen molar-refractivity contribution in [3.8, 4) is 5.69 Å². The lowest BCUT2D eigenvalue weighted by atomic mass is 10.1. The maximum absolute atomic E-state index is 12.7. The van der Waals surface area contributed by atoms with Crippen LogP contribution in [-0.4, -0.2) is 47.3 Å². The molecule has 1 saturated heterocycles. The molecular weight excluding hydrogens is 312 g/mol. The minimum absolute atomic E-state index is 0. The Labute approximate surface area is 143 Å². The molecule has 3 rings (SSSR count). The second-order valence-electron chi connectivity index (χ2n) is 5.85. The van der Waals surface area contributed by atoms with Gasteiger partial charge in [0.2, 0.25) is 0 Å². The zero-order valence-corrected chi connectivity index (χ0v) is 14.3. The maximum Gasteiger partial charge on any atom is 0.257 e. The van der Waals surface area contributed by atoms with Crippen LogP contribution < -0.4 is 5.32 Å². The molecule has 0 bridgehead atoms. The summed E-state index contributed by atoms with van der Waals surface area (Å²) in [5, 5.41) is 7.58. The molecule has 1 aliphatic heterocycles. The van der Waals surface area contributed by atoms with Crippen LogP contribution in [0.15, 0.2) is 36.5 Å². The predicted octanol–water partition coefficient (Wildman–Crippen LogP) is 2.28. The van der Waals surface area contributed by atoms with Gasteiger partial charge in [0, 0.05) is 13.1 Å². The molecular formula is C17H23ClN4O. The molecule has 1 aromatic carbocycles. The highest BCUT2D eigenvalue weighted by molar-refractivity contribution is 5.95. The highest BCUT2D eigenvalue weighted by Crippen LogP contribution is 2.21. The molecule has 0 radical (unpaired) electrons. The number of nitrogens with one attached hydrogen (secondary N) is 1. The topological polar surface area (TPSA) is 50.2 Å². The first-order valence-corrected chi connectivity index (χ1v) is 7.74. The molecule has 1 aromatic heterocycles. The highest BCUT2D eigenvalue weighted by Gasteiger charge is 2.28. The van der Waals surface area contributed by atoms with Gasteiger partial charge in [0.05, 0.1) is 23.1 Å². The summed E-state index contributed by atoms with van der Waals surface area (Å²) in [7, 11) is 1.96. The van der Waals surface area contributed by atoms with Crippen LogP contribution in [0.3, 0.4) is 0 Å². The van der Waals surface area contributed by atoms with E-state index >= 15 is 0 Å². The number of likely N-dealkylation sites (tertiary alicyclic amines) is 1. The Balaban J connectivity index is 0.00000192. The first-order chi connectivity index (χ1) is 10.7. The minimum atomic E-state index is 0. The van der Waals surface area contributed by atoms with Crippen molar-refractivity contribution in [1.29, 1.82) is 0 Å². The number of nitrogens with zero attached hydrogens (tertiary/aromatic N) is 3. The summed E-state index contributed by atoms with van der Waals surface area (Å²) in [4.78, 5) is 14.7. The molecule has 2 aromatic rings. The normalized spacial score (nSPS) is 17.1. The van der Waals surface area contributed by atoms with Gasteiger partial charge < -0.3 is 10.2 Å². The van der Waals surface area contributed by atoms with E-state index in [1.807, 2.05) is 53.9 Å². The van der Waals surface area contributed by atoms with Crippen molar-refractivity contribution >= 4 is 18.3 Å². The van der Waals surface area contributed by atoms with Gasteiger partial charge in [-0.1, -0.05) is 18.2 Å². The number of carbonyl (C=O) groups excluding carboxylic acids is 1. The summed E-state index contributed by atoms with van der Waals surface area (Å²) in [6.07, 6.45) is 2.76. The number of hydrogen-bond donors (Lipinski definition) is 1. The van der Waals surface area contributed by atoms with E-state index in [0.717, 1.165) is 37.4 Å². The third kappa shape index (κ3) is 3.57. The number of amides is 1. The Morgan fingerprint density at radius 1 is 1.35 bits per heavy atom. The van der Waals surface area contributed by atoms with Crippen molar-refractivity contribution in [2.45, 2.75) is 13.3 Å². The Morgan fingerprint density at radius 2 is 2.09 bits per heavy atom. The van der Waals surface area contributed by atoms with Gasteiger partial charge in [-0.05, 0) is 45.0 Å². The fourth-order valence-electron chi connectivity index (χ4n) is 3.09. The van der Waals surface area contributed by atoms with E-state index in [1.165, 1.54) is 0 Å². The average molecular weight is 335 g/mol. The first-order valence-electron chi connectivity index (χ1n) is 7.74. The first kappa shape index (κ1) is 17.5. The summed E-state index contributed by atoms with van der Waals surface area (Å²) in [6.45, 7) is 4.58. The van der Waals surface area contributed by atoms with Crippen LogP contribution in [0.4, 0.5) is 0 Å². The molecule has 1 fully saturated rings. The molecule has 0 spiro atoms. The summed E-state index contributed by atoms with van der Waals surface area (Å²) in [5.41, 5.74) is 2.58. The van der Waals surface area contributed by atoms with Crippen molar-refractivity contribution in [3.63, 3.8) is 0 Å². The quantitative estimate of drug-likeness (QED) is 0.933. The Morgan fingerprint density at radius 3 is 2.78 bits per heavy atom. The number of carbonyl (C=O) groups is 1. The van der Waals surface area contributed by atoms with Gasteiger partial charge in [-0.3, -0.25) is 4.79 Å². The summed E-state index contributed by atoms with van der Waals surface area (Å²) < 4.78 is 1.83. The maximum atomic E-state index is 12.7. The van der Waals surface area contributed by atoms with Crippen molar-refractivity contribution in [2.75, 3.05) is 26.7 Å². The zero-order chi connectivity index (χ0) is 15.5. The van der Waals surface area contributed by atoms with E-state index in [4.69, 9.17) is 0 Å². The van der Waals surface area contributed by atoms with E-state index in [-0.39, 0.29) is 18.3 Å². The number of para-hydroxylation sites is 1. The van der Waals surface area contributed by atoms with E-state index < -0.39 is 0 Å². The zero-order valence-electron chi connectivity index (χ0n) is 13.5. The lowest BCUT2D eigenvalue weighted by molar-refractivity contribution is 0.0786. The largest absolute Gasteiger partial charge is 0.338 e. The van der Waals surface area contributed by atoms with Gasteiger partial charge in [-0.2, -0.15) is 5.10 Å². The van der Waals surface area contributed by atoms with Crippen LogP contribution >= 0.6 is 12.4 Å². The number of aromatic nitrogens is 2. The number of rotatable bonds is 4. The summed E-state index contributed by atoms with van der Waals surface area (Å²) in [5.74, 6) is 0.650. The van der Waals surface area contributed by atoms with Gasteiger partial charge in [0.1, 0.15) is 0 Å². The van der Waals surface area contributed by atoms with Crippen LogP contribution in [0.25, 0.3) is 5.69 Å². The molecule has 1 aliphatic rings. The monoisotopic (exact) mass is 334 g/mol. The molecule has 1 amide bonds. The molecule has 5 nitrogen and oxygen atoms in total. The lowest BCUT2D eigenvalue weighted by Crippen LogP contribution is -2.30. The Hall–Kier alpha value is -1.85. The fraction of sp³-hybridized carbons (Fsp3) is 0.412. The van der Waals surface area contributed by atoms with Crippen molar-refractivity contribution in [1.82, 2.24) is 20.0 Å². The van der Waals surface area contributed by atoms with Crippen LogP contribution in [0.2, 0.25) is 0 Å². The second-order valence-corrected chi connectivity index (χ2v) is 5.85. The average Bonchev–Trinajstić information content (AvgIpc) is 3.15. The molecule has 1 N–H and O–H groups in total. The molecule has 124 valence electrons. The SMILES string of the molecule is CNCC1CCN(C(=O)c2cnn(-c3ccccc3)c2C)C1.Cl. The molecule has 2 heterocycles. The highest BCUT2D eigenvalue weighted by atomic mass is 35.5. The second kappa shape index (κ2) is 7.62. The molecule has 0 saturated carbocycles. The number of hydrogen-bond acceptors (Lipinski definition) is 3. The minimum Gasteiger partial charge on any atom is -0.338 e.